The molecule has 0 fully saturated rings. The van der Waals surface area contributed by atoms with E-state index in [-0.39, 0.29) is 18.2 Å². The number of ketones is 1. The monoisotopic (exact) mass is 380 g/mol. The van der Waals surface area contributed by atoms with Gasteiger partial charge in [0.1, 0.15) is 11.3 Å². The van der Waals surface area contributed by atoms with Crippen LogP contribution in [-0.2, 0) is 4.74 Å². The number of esters is 1. The molecular weight excluding hydrogens is 356 g/mol. The maximum absolute atomic E-state index is 12.5. The van der Waals surface area contributed by atoms with Crippen LogP contribution in [0.2, 0.25) is 0 Å². The number of aryl methyl sites for hydroxylation is 4. The summed E-state index contributed by atoms with van der Waals surface area (Å²) in [5, 5.41) is 0.786. The topological polar surface area (TPSA) is 65.7 Å². The second-order valence-corrected chi connectivity index (χ2v) is 6.90. The maximum Gasteiger partial charge on any atom is 0.375 e. The summed E-state index contributed by atoms with van der Waals surface area (Å²) in [6.45, 7) is 9.74. The van der Waals surface area contributed by atoms with E-state index >= 15 is 0 Å². The Morgan fingerprint density at radius 1 is 0.964 bits per heavy atom. The number of hydrogen-bond donors (Lipinski definition) is 0. The summed E-state index contributed by atoms with van der Waals surface area (Å²) >= 11 is 0. The fourth-order valence-electron chi connectivity index (χ4n) is 3.19. The highest BCUT2D eigenvalue weighted by Gasteiger charge is 2.21. The van der Waals surface area contributed by atoms with Gasteiger partial charge < -0.3 is 13.9 Å². The summed E-state index contributed by atoms with van der Waals surface area (Å²) in [6.07, 6.45) is 0. The standard InChI is InChI=1S/C23H24O5/c1-6-26-17-7-8-21-19(11-17)16(5)22(28-21)23(25)27-12-20(24)18-10-14(3)13(2)9-15(18)4/h7-11H,6,12H2,1-5H3. The first-order valence-electron chi connectivity index (χ1n) is 9.26. The third-order valence-electron chi connectivity index (χ3n) is 4.88. The van der Waals surface area contributed by atoms with Gasteiger partial charge in [0, 0.05) is 16.5 Å². The first-order valence-corrected chi connectivity index (χ1v) is 9.26. The van der Waals surface area contributed by atoms with Crippen molar-refractivity contribution in [2.45, 2.75) is 34.6 Å². The molecule has 28 heavy (non-hydrogen) atoms. The van der Waals surface area contributed by atoms with E-state index in [1.54, 1.807) is 19.1 Å². The molecule has 5 nitrogen and oxygen atoms in total. The van der Waals surface area contributed by atoms with Crippen LogP contribution in [0.5, 0.6) is 5.75 Å². The SMILES string of the molecule is CCOc1ccc2oc(C(=O)OCC(=O)c3cc(C)c(C)cc3C)c(C)c2c1. The van der Waals surface area contributed by atoms with Crippen LogP contribution in [0.25, 0.3) is 11.0 Å². The fourth-order valence-corrected chi connectivity index (χ4v) is 3.19. The average Bonchev–Trinajstić information content (AvgIpc) is 2.99. The molecule has 0 unspecified atom stereocenters. The Bertz CT molecular complexity index is 1060. The lowest BCUT2D eigenvalue weighted by Crippen LogP contribution is -2.15. The normalized spacial score (nSPS) is 10.9. The Kier molecular flexibility index (Phi) is 5.54. The molecule has 0 bridgehead atoms. The van der Waals surface area contributed by atoms with Crippen LogP contribution < -0.4 is 4.74 Å². The van der Waals surface area contributed by atoms with Crippen molar-refractivity contribution in [2.75, 3.05) is 13.2 Å². The number of rotatable bonds is 6. The Morgan fingerprint density at radius 3 is 2.39 bits per heavy atom. The first kappa shape index (κ1) is 19.7. The van der Waals surface area contributed by atoms with Gasteiger partial charge in [-0.3, -0.25) is 4.79 Å². The molecular formula is C23H24O5. The highest BCUT2D eigenvalue weighted by atomic mass is 16.5. The molecule has 3 aromatic rings. The zero-order valence-electron chi connectivity index (χ0n) is 16.8. The third kappa shape index (κ3) is 3.79. The number of ether oxygens (including phenoxy) is 2. The molecule has 0 saturated heterocycles. The highest BCUT2D eigenvalue weighted by Crippen LogP contribution is 2.29. The summed E-state index contributed by atoms with van der Waals surface area (Å²) in [6, 6.07) is 9.17. The molecule has 3 rings (SSSR count). The van der Waals surface area contributed by atoms with E-state index in [9.17, 15) is 9.59 Å². The summed E-state index contributed by atoms with van der Waals surface area (Å²) in [4.78, 5) is 25.0. The van der Waals surface area contributed by atoms with Gasteiger partial charge in [-0.15, -0.1) is 0 Å². The van der Waals surface area contributed by atoms with Crippen LogP contribution in [-0.4, -0.2) is 25.0 Å². The summed E-state index contributed by atoms with van der Waals surface area (Å²) in [5.41, 5.74) is 4.82. The number of benzene rings is 2. The van der Waals surface area contributed by atoms with Crippen LogP contribution >= 0.6 is 0 Å². The quantitative estimate of drug-likeness (QED) is 0.439. The number of Topliss-reactive ketones (excluding diaryl/α,β-unsaturated/α-hetero) is 1. The van der Waals surface area contributed by atoms with Gasteiger partial charge in [-0.1, -0.05) is 6.07 Å². The predicted molar refractivity (Wildman–Crippen MR) is 107 cm³/mol. The van der Waals surface area contributed by atoms with Crippen molar-refractivity contribution in [3.63, 3.8) is 0 Å². The Balaban J connectivity index is 1.77. The van der Waals surface area contributed by atoms with Crippen molar-refractivity contribution < 1.29 is 23.5 Å². The van der Waals surface area contributed by atoms with E-state index < -0.39 is 5.97 Å². The molecule has 0 aliphatic carbocycles. The third-order valence-corrected chi connectivity index (χ3v) is 4.88. The number of fused-ring (bicyclic) bond motifs is 1. The lowest BCUT2D eigenvalue weighted by Gasteiger charge is -2.09. The molecule has 0 atom stereocenters. The van der Waals surface area contributed by atoms with Gasteiger partial charge in [-0.05, 0) is 75.6 Å². The van der Waals surface area contributed by atoms with Gasteiger partial charge in [-0.2, -0.15) is 0 Å². The molecule has 0 aliphatic heterocycles. The maximum atomic E-state index is 12.5. The van der Waals surface area contributed by atoms with Gasteiger partial charge in [-0.25, -0.2) is 4.79 Å². The van der Waals surface area contributed by atoms with Crippen LogP contribution in [0.1, 0.15) is 50.1 Å². The minimum atomic E-state index is -0.651. The molecule has 0 N–H and O–H groups in total. The van der Waals surface area contributed by atoms with E-state index in [2.05, 4.69) is 0 Å². The summed E-state index contributed by atoms with van der Waals surface area (Å²) in [5.74, 6) is -0.0738. The zero-order valence-corrected chi connectivity index (χ0v) is 16.8. The minimum Gasteiger partial charge on any atom is -0.494 e. The second-order valence-electron chi connectivity index (χ2n) is 6.90. The first-order chi connectivity index (χ1) is 13.3. The molecule has 146 valence electrons. The van der Waals surface area contributed by atoms with Crippen molar-refractivity contribution in [1.29, 1.82) is 0 Å². The Hall–Kier alpha value is -3.08. The van der Waals surface area contributed by atoms with Gasteiger partial charge in [0.2, 0.25) is 11.5 Å². The predicted octanol–water partition coefficient (Wildman–Crippen LogP) is 5.10. The van der Waals surface area contributed by atoms with Crippen molar-refractivity contribution >= 4 is 22.7 Å². The van der Waals surface area contributed by atoms with Gasteiger partial charge >= 0.3 is 5.97 Å². The van der Waals surface area contributed by atoms with Crippen LogP contribution in [0.15, 0.2) is 34.7 Å². The lowest BCUT2D eigenvalue weighted by molar-refractivity contribution is 0.0445. The van der Waals surface area contributed by atoms with Gasteiger partial charge in [0.25, 0.3) is 0 Å². The highest BCUT2D eigenvalue weighted by molar-refractivity contribution is 6.01. The number of furan rings is 1. The number of carbonyl (C=O) groups excluding carboxylic acids is 2. The Morgan fingerprint density at radius 2 is 1.68 bits per heavy atom. The molecule has 5 heteroatoms. The lowest BCUT2D eigenvalue weighted by atomic mass is 9.98. The molecule has 2 aromatic carbocycles. The minimum absolute atomic E-state index is 0.105. The number of hydrogen-bond acceptors (Lipinski definition) is 5. The average molecular weight is 380 g/mol. The molecule has 1 heterocycles. The van der Waals surface area contributed by atoms with Crippen molar-refractivity contribution in [3.05, 3.63) is 63.9 Å². The van der Waals surface area contributed by atoms with Gasteiger partial charge in [0.05, 0.1) is 6.61 Å². The second kappa shape index (κ2) is 7.89. The van der Waals surface area contributed by atoms with Crippen molar-refractivity contribution in [3.8, 4) is 5.75 Å². The zero-order chi connectivity index (χ0) is 20.4. The van der Waals surface area contributed by atoms with Crippen LogP contribution in [0.4, 0.5) is 0 Å². The van der Waals surface area contributed by atoms with Crippen LogP contribution in [0, 0.1) is 27.7 Å². The van der Waals surface area contributed by atoms with E-state index in [1.165, 1.54) is 0 Å². The molecule has 1 aromatic heterocycles. The summed E-state index contributed by atoms with van der Waals surface area (Å²) < 4.78 is 16.4. The number of carbonyl (C=O) groups is 2. The molecule has 0 radical (unpaired) electrons. The van der Waals surface area contributed by atoms with Crippen molar-refractivity contribution in [1.82, 2.24) is 0 Å². The Labute approximate surface area is 164 Å². The largest absolute Gasteiger partial charge is 0.494 e. The molecule has 0 spiro atoms. The van der Waals surface area contributed by atoms with Gasteiger partial charge in [0.15, 0.2) is 6.61 Å². The fraction of sp³-hybridized carbons (Fsp3) is 0.304. The van der Waals surface area contributed by atoms with Crippen molar-refractivity contribution in [2.24, 2.45) is 0 Å². The van der Waals surface area contributed by atoms with E-state index in [4.69, 9.17) is 13.9 Å². The van der Waals surface area contributed by atoms with E-state index in [1.807, 2.05) is 45.9 Å². The van der Waals surface area contributed by atoms with E-state index in [0.29, 0.717) is 29.1 Å². The molecule has 0 aliphatic rings. The molecule has 0 saturated carbocycles. The van der Waals surface area contributed by atoms with E-state index in [0.717, 1.165) is 22.1 Å². The summed E-state index contributed by atoms with van der Waals surface area (Å²) in [7, 11) is 0. The smallest absolute Gasteiger partial charge is 0.375 e. The molecule has 0 amide bonds. The van der Waals surface area contributed by atoms with Crippen LogP contribution in [0.3, 0.4) is 0 Å².